The molecule has 3 aliphatic rings. The van der Waals surface area contributed by atoms with Crippen molar-refractivity contribution in [3.05, 3.63) is 59.3 Å². The highest BCUT2D eigenvalue weighted by Crippen LogP contribution is 2.47. The third kappa shape index (κ3) is 4.36. The van der Waals surface area contributed by atoms with Gasteiger partial charge in [0.15, 0.2) is 0 Å². The smallest absolute Gasteiger partial charge is 0.229 e. The molecule has 2 aliphatic heterocycles. The van der Waals surface area contributed by atoms with Gasteiger partial charge in [-0.1, -0.05) is 11.6 Å². The van der Waals surface area contributed by atoms with Gasteiger partial charge in [0.2, 0.25) is 5.91 Å². The molecule has 2 N–H and O–H groups in total. The first kappa shape index (κ1) is 23.7. The van der Waals surface area contributed by atoms with Crippen LogP contribution in [-0.2, 0) is 9.53 Å². The van der Waals surface area contributed by atoms with E-state index in [9.17, 15) is 9.90 Å². The summed E-state index contributed by atoms with van der Waals surface area (Å²) in [6, 6.07) is 6.05. The van der Waals surface area contributed by atoms with Gasteiger partial charge in [0.05, 0.1) is 24.9 Å². The number of anilines is 1. The van der Waals surface area contributed by atoms with Crippen LogP contribution in [0.3, 0.4) is 0 Å². The third-order valence-electron chi connectivity index (χ3n) is 8.27. The molecular weight excluding hydrogens is 478 g/mol. The number of piperidine rings is 1. The molecule has 0 bridgehead atoms. The van der Waals surface area contributed by atoms with Crippen molar-refractivity contribution in [3.8, 4) is 0 Å². The van der Waals surface area contributed by atoms with Crippen LogP contribution in [-0.4, -0.2) is 68.8 Å². The minimum Gasteiger partial charge on any atom is -0.389 e. The zero-order chi connectivity index (χ0) is 24.9. The highest BCUT2D eigenvalue weighted by molar-refractivity contribution is 6.32. The average molecular weight is 508 g/mol. The Hall–Kier alpha value is -2.65. The number of hydrogen-bond donors (Lipinski definition) is 2. The van der Waals surface area contributed by atoms with E-state index in [0.29, 0.717) is 24.9 Å². The summed E-state index contributed by atoms with van der Waals surface area (Å²) in [6.07, 6.45) is 9.10. The fraction of sp³-hybridized carbons (Fsp3) is 0.481. The lowest BCUT2D eigenvalue weighted by atomic mass is 9.85. The van der Waals surface area contributed by atoms with Gasteiger partial charge in [-0.15, -0.1) is 0 Å². The molecule has 188 valence electrons. The molecule has 4 atom stereocenters. The largest absolute Gasteiger partial charge is 0.389 e. The lowest BCUT2D eigenvalue weighted by molar-refractivity contribution is -0.117. The Morgan fingerprint density at radius 2 is 1.94 bits per heavy atom. The van der Waals surface area contributed by atoms with Crippen LogP contribution in [0.15, 0.2) is 43.1 Å². The molecule has 0 spiro atoms. The minimum absolute atomic E-state index is 0.0242. The molecule has 3 aromatic rings. The van der Waals surface area contributed by atoms with E-state index >= 15 is 0 Å². The summed E-state index contributed by atoms with van der Waals surface area (Å²) < 4.78 is 5.54. The van der Waals surface area contributed by atoms with Crippen LogP contribution in [0.25, 0.3) is 10.8 Å². The van der Waals surface area contributed by atoms with E-state index in [1.807, 2.05) is 12.1 Å². The number of fused-ring (bicyclic) bond motifs is 1. The summed E-state index contributed by atoms with van der Waals surface area (Å²) in [5.41, 5.74) is 1.82. The fourth-order valence-corrected chi connectivity index (χ4v) is 6.12. The second-order valence-corrected chi connectivity index (χ2v) is 11.0. The van der Waals surface area contributed by atoms with E-state index in [2.05, 4.69) is 38.2 Å². The summed E-state index contributed by atoms with van der Waals surface area (Å²) in [6.45, 7) is 4.85. The molecular formula is C27H30ClN5O3. The van der Waals surface area contributed by atoms with Gasteiger partial charge in [-0.05, 0) is 85.8 Å². The van der Waals surface area contributed by atoms with Crippen molar-refractivity contribution in [2.24, 2.45) is 5.92 Å². The van der Waals surface area contributed by atoms with Gasteiger partial charge >= 0.3 is 0 Å². The van der Waals surface area contributed by atoms with E-state index < -0.39 is 6.10 Å². The van der Waals surface area contributed by atoms with E-state index in [0.717, 1.165) is 59.3 Å². The number of aliphatic hydroxyl groups is 1. The summed E-state index contributed by atoms with van der Waals surface area (Å²) in [5.74, 6) is 0.956. The number of pyridine rings is 1. The lowest BCUT2D eigenvalue weighted by Crippen LogP contribution is -2.56. The van der Waals surface area contributed by atoms with Crippen molar-refractivity contribution < 1.29 is 14.6 Å². The molecule has 4 heterocycles. The number of aromatic nitrogens is 3. The van der Waals surface area contributed by atoms with Crippen molar-refractivity contribution in [2.75, 3.05) is 31.6 Å². The number of carbonyl (C=O) groups is 1. The quantitative estimate of drug-likeness (QED) is 0.542. The van der Waals surface area contributed by atoms with Crippen molar-refractivity contribution in [3.63, 3.8) is 0 Å². The molecule has 1 saturated carbocycles. The Bertz CT molecular complexity index is 1280. The molecule has 0 unspecified atom stereocenters. The van der Waals surface area contributed by atoms with Gasteiger partial charge in [0, 0.05) is 34.9 Å². The Morgan fingerprint density at radius 3 is 2.67 bits per heavy atom. The van der Waals surface area contributed by atoms with E-state index in [1.54, 1.807) is 18.6 Å². The number of nitrogens with zero attached hydrogens (tertiary/aromatic N) is 4. The number of carbonyl (C=O) groups excluding carboxylic acids is 1. The number of rotatable bonds is 5. The number of halogens is 1. The van der Waals surface area contributed by atoms with Crippen molar-refractivity contribution >= 4 is 34.1 Å². The molecule has 36 heavy (non-hydrogen) atoms. The molecule has 1 amide bonds. The second kappa shape index (κ2) is 9.34. The zero-order valence-electron chi connectivity index (χ0n) is 20.2. The highest BCUT2D eigenvalue weighted by atomic mass is 35.5. The number of likely N-dealkylation sites (tertiary alicyclic amines) is 1. The van der Waals surface area contributed by atoms with Crippen molar-refractivity contribution in [1.82, 2.24) is 19.9 Å². The fourth-order valence-electron chi connectivity index (χ4n) is 5.80. The van der Waals surface area contributed by atoms with Gasteiger partial charge in [-0.25, -0.2) is 15.0 Å². The summed E-state index contributed by atoms with van der Waals surface area (Å²) >= 11 is 6.72. The molecule has 9 heteroatoms. The number of amides is 1. The molecule has 3 fully saturated rings. The van der Waals surface area contributed by atoms with Gasteiger partial charge in [-0.3, -0.25) is 9.69 Å². The SMILES string of the molecule is C[C@@]1(N2CCC(c3cc4cc(NC(=O)[C@@H]5C[C@H]5c5cncnc5)ncc4cc3Cl)CC2)COC[C@@H]1O. The van der Waals surface area contributed by atoms with Crippen LogP contribution in [0.5, 0.6) is 0 Å². The Labute approximate surface area is 215 Å². The molecule has 6 rings (SSSR count). The third-order valence-corrected chi connectivity index (χ3v) is 8.60. The number of ether oxygens (including phenoxy) is 1. The van der Waals surface area contributed by atoms with Gasteiger partial charge in [-0.2, -0.15) is 0 Å². The maximum Gasteiger partial charge on any atom is 0.229 e. The Kier molecular flexibility index (Phi) is 6.16. The number of aliphatic hydroxyl groups excluding tert-OH is 1. The minimum atomic E-state index is -0.452. The standard InChI is InChI=1S/C27H30ClN5O3/c1-27(14-36-13-24(27)34)33-4-2-16(3-5-33)21-6-17-8-25(31-12-18(17)7-23(21)28)32-26(35)22-9-20(22)19-10-29-15-30-11-19/h6-8,10-12,15-16,20,22,24,34H,2-5,9,13-14H2,1H3,(H,31,32,35)/t20-,22+,24-,27+/m0/s1. The monoisotopic (exact) mass is 507 g/mol. The van der Waals surface area contributed by atoms with E-state index in [1.165, 1.54) is 6.33 Å². The topological polar surface area (TPSA) is 100 Å². The predicted octanol–water partition coefficient (Wildman–Crippen LogP) is 3.75. The van der Waals surface area contributed by atoms with Crippen molar-refractivity contribution in [2.45, 2.75) is 49.7 Å². The summed E-state index contributed by atoms with van der Waals surface area (Å²) in [4.78, 5) is 27.7. The van der Waals surface area contributed by atoms with Gasteiger partial charge in [0.1, 0.15) is 12.1 Å². The first-order chi connectivity index (χ1) is 17.4. The number of hydrogen-bond acceptors (Lipinski definition) is 7. The Morgan fingerprint density at radius 1 is 1.17 bits per heavy atom. The lowest BCUT2D eigenvalue weighted by Gasteiger charge is -2.43. The first-order valence-electron chi connectivity index (χ1n) is 12.6. The molecule has 0 radical (unpaired) electrons. The van der Waals surface area contributed by atoms with E-state index in [4.69, 9.17) is 16.3 Å². The maximum atomic E-state index is 12.8. The van der Waals surface area contributed by atoms with Crippen LogP contribution in [0.2, 0.25) is 5.02 Å². The molecule has 2 aromatic heterocycles. The second-order valence-electron chi connectivity index (χ2n) is 10.5. The van der Waals surface area contributed by atoms with E-state index in [-0.39, 0.29) is 23.3 Å². The number of benzene rings is 1. The van der Waals surface area contributed by atoms with Crippen LogP contribution < -0.4 is 5.32 Å². The van der Waals surface area contributed by atoms with Crippen LogP contribution in [0.4, 0.5) is 5.82 Å². The molecule has 1 aliphatic carbocycles. The highest BCUT2D eigenvalue weighted by Gasteiger charge is 2.45. The van der Waals surface area contributed by atoms with Crippen molar-refractivity contribution in [1.29, 1.82) is 0 Å². The average Bonchev–Trinajstić information content (AvgIpc) is 3.63. The van der Waals surface area contributed by atoms with Crippen LogP contribution in [0, 0.1) is 5.92 Å². The zero-order valence-corrected chi connectivity index (χ0v) is 21.0. The molecule has 2 saturated heterocycles. The summed E-state index contributed by atoms with van der Waals surface area (Å²) in [5, 5.41) is 16.1. The molecule has 1 aromatic carbocycles. The predicted molar refractivity (Wildman–Crippen MR) is 137 cm³/mol. The first-order valence-corrected chi connectivity index (χ1v) is 13.0. The summed E-state index contributed by atoms with van der Waals surface area (Å²) in [7, 11) is 0. The number of nitrogens with one attached hydrogen (secondary N) is 1. The van der Waals surface area contributed by atoms with Gasteiger partial charge in [0.25, 0.3) is 0 Å². The Balaban J connectivity index is 1.15. The van der Waals surface area contributed by atoms with Crippen LogP contribution in [0.1, 0.15) is 49.1 Å². The maximum absolute atomic E-state index is 12.8. The van der Waals surface area contributed by atoms with Crippen LogP contribution >= 0.6 is 11.6 Å². The normalized spacial score (nSPS) is 28.9. The molecule has 8 nitrogen and oxygen atoms in total. The van der Waals surface area contributed by atoms with Gasteiger partial charge < -0.3 is 15.2 Å².